The zero-order valence-corrected chi connectivity index (χ0v) is 15.7. The van der Waals surface area contributed by atoms with Crippen molar-refractivity contribution in [3.05, 3.63) is 35.8 Å². The second-order valence-corrected chi connectivity index (χ2v) is 6.72. The first-order valence-electron chi connectivity index (χ1n) is 9.36. The average molecular weight is 388 g/mol. The molecule has 2 heterocycles. The Morgan fingerprint density at radius 1 is 1.32 bits per heavy atom. The van der Waals surface area contributed by atoms with Crippen molar-refractivity contribution in [2.75, 3.05) is 17.2 Å². The van der Waals surface area contributed by atoms with Crippen LogP contribution in [0.4, 0.5) is 21.7 Å². The Hall–Kier alpha value is -2.94. The number of hydrogen-bond donors (Lipinski definition) is 4. The lowest BCUT2D eigenvalue weighted by molar-refractivity contribution is 0.100. The summed E-state index contributed by atoms with van der Waals surface area (Å²) in [5.74, 6) is -0.833. The maximum Gasteiger partial charge on any atom is 0.252 e. The van der Waals surface area contributed by atoms with E-state index >= 15 is 0 Å². The normalized spacial score (nSPS) is 19.1. The molecule has 0 spiro atoms. The first kappa shape index (κ1) is 19.8. The van der Waals surface area contributed by atoms with E-state index < -0.39 is 11.7 Å². The summed E-state index contributed by atoms with van der Waals surface area (Å²) in [4.78, 5) is 20.1. The number of aromatic nitrogens is 2. The van der Waals surface area contributed by atoms with Gasteiger partial charge in [-0.2, -0.15) is 0 Å². The van der Waals surface area contributed by atoms with E-state index in [1.807, 2.05) is 6.92 Å². The molecule has 2 atom stereocenters. The number of rotatable bonds is 7. The number of carbonyl (C=O) groups excluding carboxylic acids is 1. The van der Waals surface area contributed by atoms with Crippen LogP contribution in [0.3, 0.4) is 0 Å². The molecule has 1 unspecified atom stereocenters. The molecule has 150 valence electrons. The minimum Gasteiger partial charge on any atom is -0.478 e. The summed E-state index contributed by atoms with van der Waals surface area (Å²) in [5, 5.41) is 6.08. The summed E-state index contributed by atoms with van der Waals surface area (Å²) in [7, 11) is 0. The van der Waals surface area contributed by atoms with Crippen molar-refractivity contribution >= 4 is 23.2 Å². The number of nitrogens with two attached hydrogens (primary N) is 2. The van der Waals surface area contributed by atoms with Crippen LogP contribution in [0, 0.1) is 5.82 Å². The molecule has 28 heavy (non-hydrogen) atoms. The van der Waals surface area contributed by atoms with Gasteiger partial charge in [-0.3, -0.25) is 4.79 Å². The summed E-state index contributed by atoms with van der Waals surface area (Å²) in [5.41, 5.74) is 12.1. The molecular formula is C19H25FN6O2. The van der Waals surface area contributed by atoms with E-state index in [1.165, 1.54) is 0 Å². The van der Waals surface area contributed by atoms with Gasteiger partial charge in [-0.15, -0.1) is 0 Å². The van der Waals surface area contributed by atoms with Crippen LogP contribution < -0.4 is 26.8 Å². The van der Waals surface area contributed by atoms with Crippen molar-refractivity contribution in [3.63, 3.8) is 0 Å². The number of carbonyl (C=O) groups is 1. The fourth-order valence-corrected chi connectivity index (χ4v) is 3.24. The molecule has 6 N–H and O–H groups in total. The van der Waals surface area contributed by atoms with Crippen LogP contribution in [0.5, 0.6) is 5.88 Å². The second kappa shape index (κ2) is 8.83. The van der Waals surface area contributed by atoms with Crippen molar-refractivity contribution in [1.82, 2.24) is 9.97 Å². The lowest BCUT2D eigenvalue weighted by Gasteiger charge is -2.30. The van der Waals surface area contributed by atoms with E-state index in [9.17, 15) is 9.18 Å². The van der Waals surface area contributed by atoms with Crippen LogP contribution in [0.25, 0.3) is 0 Å². The summed E-state index contributed by atoms with van der Waals surface area (Å²) in [6, 6.07) is 4.27. The number of pyridine rings is 2. The van der Waals surface area contributed by atoms with Crippen molar-refractivity contribution in [3.8, 4) is 5.88 Å². The van der Waals surface area contributed by atoms with Crippen LogP contribution in [-0.2, 0) is 0 Å². The van der Waals surface area contributed by atoms with Crippen molar-refractivity contribution in [2.45, 2.75) is 44.7 Å². The molecule has 3 rings (SSSR count). The predicted octanol–water partition coefficient (Wildman–Crippen LogP) is 2.54. The number of amides is 1. The van der Waals surface area contributed by atoms with Crippen LogP contribution >= 0.6 is 0 Å². The zero-order valence-electron chi connectivity index (χ0n) is 15.7. The van der Waals surface area contributed by atoms with Gasteiger partial charge in [0.1, 0.15) is 5.82 Å². The van der Waals surface area contributed by atoms with Gasteiger partial charge in [0.15, 0.2) is 11.6 Å². The van der Waals surface area contributed by atoms with Gasteiger partial charge >= 0.3 is 0 Å². The van der Waals surface area contributed by atoms with E-state index in [0.717, 1.165) is 31.7 Å². The molecule has 2 aromatic rings. The molecule has 0 aliphatic heterocycles. The smallest absolute Gasteiger partial charge is 0.252 e. The van der Waals surface area contributed by atoms with Gasteiger partial charge in [0, 0.05) is 30.0 Å². The van der Waals surface area contributed by atoms with Gasteiger partial charge in [0.05, 0.1) is 12.2 Å². The van der Waals surface area contributed by atoms with E-state index in [-0.39, 0.29) is 29.3 Å². The van der Waals surface area contributed by atoms with Gasteiger partial charge in [0.25, 0.3) is 5.91 Å². The van der Waals surface area contributed by atoms with E-state index in [0.29, 0.717) is 18.2 Å². The fourth-order valence-electron chi connectivity index (χ4n) is 3.24. The number of ether oxygens (including phenoxy) is 1. The third kappa shape index (κ3) is 4.66. The molecular weight excluding hydrogens is 363 g/mol. The highest BCUT2D eigenvalue weighted by molar-refractivity contribution is 5.98. The standard InChI is InChI=1S/C19H25FN6O2/c1-2-28-16-9-11(7-8-23-16)24-18-12(17(22)27)10-13(20)19(26-18)25-15-6-4-3-5-14(15)21/h7-10,14-15H,2-6,21H2,1H3,(H2,22,27)(H2,23,24,25,26)/t14-,15?/m0/s1. The minimum absolute atomic E-state index is 0.0361. The van der Waals surface area contributed by atoms with E-state index in [1.54, 1.807) is 18.3 Å². The van der Waals surface area contributed by atoms with Gasteiger partial charge in [-0.05, 0) is 31.9 Å². The number of nitrogens with zero attached hydrogens (tertiary/aromatic N) is 2. The summed E-state index contributed by atoms with van der Waals surface area (Å²) < 4.78 is 19.9. The average Bonchev–Trinajstić information content (AvgIpc) is 2.66. The quantitative estimate of drug-likeness (QED) is 0.574. The lowest BCUT2D eigenvalue weighted by Crippen LogP contribution is -2.43. The highest BCUT2D eigenvalue weighted by Gasteiger charge is 2.24. The van der Waals surface area contributed by atoms with Crippen molar-refractivity contribution < 1.29 is 13.9 Å². The third-order valence-electron chi connectivity index (χ3n) is 4.67. The topological polar surface area (TPSA) is 128 Å². The highest BCUT2D eigenvalue weighted by atomic mass is 19.1. The summed E-state index contributed by atoms with van der Waals surface area (Å²) in [6.07, 6.45) is 5.36. The van der Waals surface area contributed by atoms with E-state index in [2.05, 4.69) is 20.6 Å². The molecule has 9 heteroatoms. The maximum absolute atomic E-state index is 14.5. The lowest BCUT2D eigenvalue weighted by atomic mass is 9.91. The van der Waals surface area contributed by atoms with Gasteiger partial charge in [-0.1, -0.05) is 12.8 Å². The Labute approximate surface area is 162 Å². The highest BCUT2D eigenvalue weighted by Crippen LogP contribution is 2.27. The Kier molecular flexibility index (Phi) is 6.25. The molecule has 1 aliphatic rings. The van der Waals surface area contributed by atoms with Gasteiger partial charge in [-0.25, -0.2) is 14.4 Å². The van der Waals surface area contributed by atoms with Gasteiger partial charge < -0.3 is 26.8 Å². The molecule has 0 radical (unpaired) electrons. The fraction of sp³-hybridized carbons (Fsp3) is 0.421. The molecule has 0 bridgehead atoms. The largest absolute Gasteiger partial charge is 0.478 e. The first-order chi connectivity index (χ1) is 13.5. The monoisotopic (exact) mass is 388 g/mol. The molecule has 1 saturated carbocycles. The number of hydrogen-bond acceptors (Lipinski definition) is 7. The second-order valence-electron chi connectivity index (χ2n) is 6.72. The van der Waals surface area contributed by atoms with Gasteiger partial charge in [0.2, 0.25) is 5.88 Å². The van der Waals surface area contributed by atoms with Crippen LogP contribution in [0.1, 0.15) is 43.0 Å². The summed E-state index contributed by atoms with van der Waals surface area (Å²) in [6.45, 7) is 2.32. The molecule has 1 amide bonds. The molecule has 1 fully saturated rings. The number of anilines is 3. The van der Waals surface area contributed by atoms with Crippen molar-refractivity contribution in [1.29, 1.82) is 0 Å². The molecule has 2 aromatic heterocycles. The number of nitrogens with one attached hydrogen (secondary N) is 2. The van der Waals surface area contributed by atoms with Crippen LogP contribution in [-0.4, -0.2) is 34.6 Å². The molecule has 0 aromatic carbocycles. The van der Waals surface area contributed by atoms with Crippen LogP contribution in [0.15, 0.2) is 24.4 Å². The van der Waals surface area contributed by atoms with E-state index in [4.69, 9.17) is 16.2 Å². The van der Waals surface area contributed by atoms with Crippen LogP contribution in [0.2, 0.25) is 0 Å². The predicted molar refractivity (Wildman–Crippen MR) is 105 cm³/mol. The molecule has 0 saturated heterocycles. The van der Waals surface area contributed by atoms with Crippen molar-refractivity contribution in [2.24, 2.45) is 11.5 Å². The Bertz CT molecular complexity index is 847. The Morgan fingerprint density at radius 2 is 2.11 bits per heavy atom. The first-order valence-corrected chi connectivity index (χ1v) is 9.36. The summed E-state index contributed by atoms with van der Waals surface area (Å²) >= 11 is 0. The Morgan fingerprint density at radius 3 is 2.82 bits per heavy atom. The maximum atomic E-state index is 14.5. The number of primary amides is 1. The Balaban J connectivity index is 1.90. The number of halogens is 1. The molecule has 8 nitrogen and oxygen atoms in total. The molecule has 1 aliphatic carbocycles. The minimum atomic E-state index is -0.783. The zero-order chi connectivity index (χ0) is 20.1. The SMILES string of the molecule is CCOc1cc(Nc2nc(NC3CCCC[C@@H]3N)c(F)cc2C(N)=O)ccn1. The third-order valence-corrected chi connectivity index (χ3v) is 4.67.